The molecule has 2 aromatic carbocycles. The largest absolute Gasteiger partial charge is 0.444 e. The Morgan fingerprint density at radius 1 is 1.00 bits per heavy atom. The number of amidine groups is 1. The summed E-state index contributed by atoms with van der Waals surface area (Å²) in [6.07, 6.45) is -1.24. The number of benzene rings is 2. The molecule has 2 amide bonds. The number of rotatable bonds is 5. The first kappa shape index (κ1) is 21.0. The van der Waals surface area contributed by atoms with Crippen LogP contribution < -0.4 is 11.1 Å². The van der Waals surface area contributed by atoms with Crippen LogP contribution in [0.1, 0.15) is 37.5 Å². The lowest BCUT2D eigenvalue weighted by Crippen LogP contribution is -2.32. The maximum Gasteiger partial charge on any atom is 0.435 e. The van der Waals surface area contributed by atoms with Gasteiger partial charge < -0.3 is 20.5 Å². The fourth-order valence-electron chi connectivity index (χ4n) is 2.20. The van der Waals surface area contributed by atoms with Crippen LogP contribution in [0.4, 0.5) is 9.59 Å². The van der Waals surface area contributed by atoms with Crippen LogP contribution in [0.3, 0.4) is 0 Å². The maximum absolute atomic E-state index is 11.8. The van der Waals surface area contributed by atoms with Crippen molar-refractivity contribution in [1.82, 2.24) is 5.32 Å². The quantitative estimate of drug-likeness (QED) is 0.604. The average molecular weight is 383 g/mol. The van der Waals surface area contributed by atoms with Crippen LogP contribution in [0, 0.1) is 0 Å². The van der Waals surface area contributed by atoms with E-state index in [1.54, 1.807) is 45.0 Å². The molecule has 0 unspecified atom stereocenters. The number of amides is 2. The minimum Gasteiger partial charge on any atom is -0.444 e. The van der Waals surface area contributed by atoms with E-state index >= 15 is 0 Å². The molecule has 0 aromatic heterocycles. The average Bonchev–Trinajstić information content (AvgIpc) is 2.64. The van der Waals surface area contributed by atoms with Crippen LogP contribution in [0.5, 0.6) is 0 Å². The van der Waals surface area contributed by atoms with E-state index in [1.165, 1.54) is 0 Å². The van der Waals surface area contributed by atoms with Crippen LogP contribution in [0.2, 0.25) is 0 Å². The third kappa shape index (κ3) is 7.49. The Morgan fingerprint density at radius 2 is 1.64 bits per heavy atom. The normalized spacial score (nSPS) is 11.6. The lowest BCUT2D eigenvalue weighted by molar-refractivity contribution is 0.0523. The summed E-state index contributed by atoms with van der Waals surface area (Å²) in [5.74, 6) is 0.0599. The number of nitrogens with zero attached hydrogens (tertiary/aromatic N) is 1. The van der Waals surface area contributed by atoms with Gasteiger partial charge in [0.1, 0.15) is 18.0 Å². The molecule has 0 atom stereocenters. The molecule has 3 N–H and O–H groups in total. The first-order chi connectivity index (χ1) is 13.2. The number of alkyl carbamates (subject to hydrolysis) is 1. The summed E-state index contributed by atoms with van der Waals surface area (Å²) in [7, 11) is 0. The predicted molar refractivity (Wildman–Crippen MR) is 107 cm³/mol. The van der Waals surface area contributed by atoms with E-state index in [-0.39, 0.29) is 12.4 Å². The highest BCUT2D eigenvalue weighted by molar-refractivity contribution is 6.02. The molecule has 7 nitrogen and oxygen atoms in total. The van der Waals surface area contributed by atoms with Crippen LogP contribution in [-0.4, -0.2) is 23.6 Å². The fraction of sp³-hybridized carbons (Fsp3) is 0.286. The second kappa shape index (κ2) is 9.55. The van der Waals surface area contributed by atoms with Gasteiger partial charge in [0, 0.05) is 12.1 Å². The Balaban J connectivity index is 1.86. The molecular weight excluding hydrogens is 358 g/mol. The zero-order valence-electron chi connectivity index (χ0n) is 16.3. The first-order valence-corrected chi connectivity index (χ1v) is 8.84. The van der Waals surface area contributed by atoms with Gasteiger partial charge in [0.15, 0.2) is 0 Å². The monoisotopic (exact) mass is 383 g/mol. The summed E-state index contributed by atoms with van der Waals surface area (Å²) in [6, 6.07) is 16.3. The summed E-state index contributed by atoms with van der Waals surface area (Å²) in [4.78, 5) is 27.2. The zero-order chi connectivity index (χ0) is 20.6. The van der Waals surface area contributed by atoms with E-state index in [0.717, 1.165) is 11.1 Å². The summed E-state index contributed by atoms with van der Waals surface area (Å²) in [5, 5.41) is 2.67. The molecule has 0 spiro atoms. The molecule has 148 valence electrons. The van der Waals surface area contributed by atoms with Gasteiger partial charge in [0.25, 0.3) is 0 Å². The zero-order valence-corrected chi connectivity index (χ0v) is 16.3. The first-order valence-electron chi connectivity index (χ1n) is 8.84. The molecular formula is C21H25N3O4. The molecule has 0 saturated heterocycles. The van der Waals surface area contributed by atoms with Gasteiger partial charge in [-0.2, -0.15) is 4.99 Å². The van der Waals surface area contributed by atoms with Crippen molar-refractivity contribution in [2.24, 2.45) is 10.7 Å². The Bertz CT molecular complexity index is 825. The SMILES string of the molecule is CC(C)(C)OC(=O)NCc1ccc(/C(N)=N/C(=O)OCc2ccccc2)cc1. The second-order valence-corrected chi connectivity index (χ2v) is 7.09. The Kier molecular flexibility index (Phi) is 7.14. The van der Waals surface area contributed by atoms with Crippen LogP contribution in [0.15, 0.2) is 59.6 Å². The number of carbonyl (C=O) groups excluding carboxylic acids is 2. The van der Waals surface area contributed by atoms with E-state index in [4.69, 9.17) is 15.2 Å². The number of nitrogens with two attached hydrogens (primary N) is 1. The maximum atomic E-state index is 11.8. The summed E-state index contributed by atoms with van der Waals surface area (Å²) >= 11 is 0. The molecule has 2 aromatic rings. The Hall–Kier alpha value is -3.35. The smallest absolute Gasteiger partial charge is 0.435 e. The number of aliphatic imine (C=N–C) groups is 1. The van der Waals surface area contributed by atoms with Crippen LogP contribution in [-0.2, 0) is 22.6 Å². The standard InChI is InChI=1S/C21H25N3O4/c1-21(2,3)28-19(25)23-13-15-9-11-17(12-10-15)18(22)24-20(26)27-14-16-7-5-4-6-8-16/h4-12H,13-14H2,1-3H3,(H,23,25)(H2,22,24,26). The molecule has 0 aliphatic carbocycles. The molecule has 28 heavy (non-hydrogen) atoms. The van der Waals surface area contributed by atoms with Gasteiger partial charge in [-0.05, 0) is 31.9 Å². The van der Waals surface area contributed by atoms with E-state index in [9.17, 15) is 9.59 Å². The van der Waals surface area contributed by atoms with Gasteiger partial charge in [0.05, 0.1) is 0 Å². The van der Waals surface area contributed by atoms with Crippen molar-refractivity contribution < 1.29 is 19.1 Å². The van der Waals surface area contributed by atoms with Crippen molar-refractivity contribution in [2.45, 2.75) is 39.5 Å². The molecule has 0 radical (unpaired) electrons. The minimum atomic E-state index is -0.753. The van der Waals surface area contributed by atoms with Crippen LogP contribution in [0.25, 0.3) is 0 Å². The van der Waals surface area contributed by atoms with Crippen molar-refractivity contribution in [2.75, 3.05) is 0 Å². The number of carbonyl (C=O) groups is 2. The van der Waals surface area contributed by atoms with E-state index in [2.05, 4.69) is 10.3 Å². The van der Waals surface area contributed by atoms with Crippen molar-refractivity contribution in [3.05, 3.63) is 71.3 Å². The van der Waals surface area contributed by atoms with Crippen molar-refractivity contribution >= 4 is 18.0 Å². The highest BCUT2D eigenvalue weighted by Crippen LogP contribution is 2.08. The number of nitrogens with one attached hydrogen (secondary N) is 1. The second-order valence-electron chi connectivity index (χ2n) is 7.09. The molecule has 2 rings (SSSR count). The van der Waals surface area contributed by atoms with Gasteiger partial charge in [-0.25, -0.2) is 9.59 Å². The molecule has 7 heteroatoms. The lowest BCUT2D eigenvalue weighted by atomic mass is 10.1. The van der Waals surface area contributed by atoms with Crippen molar-refractivity contribution in [3.63, 3.8) is 0 Å². The van der Waals surface area contributed by atoms with Gasteiger partial charge in [-0.3, -0.25) is 0 Å². The van der Waals surface area contributed by atoms with Crippen molar-refractivity contribution in [3.8, 4) is 0 Å². The van der Waals surface area contributed by atoms with E-state index < -0.39 is 17.8 Å². The lowest BCUT2D eigenvalue weighted by Gasteiger charge is -2.19. The van der Waals surface area contributed by atoms with Gasteiger partial charge in [0.2, 0.25) is 0 Å². The van der Waals surface area contributed by atoms with Gasteiger partial charge in [-0.1, -0.05) is 54.6 Å². The third-order valence-corrected chi connectivity index (χ3v) is 3.50. The predicted octanol–water partition coefficient (Wildman–Crippen LogP) is 3.75. The number of hydrogen-bond donors (Lipinski definition) is 2. The summed E-state index contributed by atoms with van der Waals surface area (Å²) in [6.45, 7) is 5.84. The molecule has 0 aliphatic heterocycles. The summed E-state index contributed by atoms with van der Waals surface area (Å²) in [5.41, 5.74) is 7.62. The van der Waals surface area contributed by atoms with E-state index in [1.807, 2.05) is 30.3 Å². The van der Waals surface area contributed by atoms with Crippen LogP contribution >= 0.6 is 0 Å². The van der Waals surface area contributed by atoms with Gasteiger partial charge >= 0.3 is 12.2 Å². The number of hydrogen-bond acceptors (Lipinski definition) is 4. The Labute approximate surface area is 164 Å². The Morgan fingerprint density at radius 3 is 2.25 bits per heavy atom. The molecule has 0 heterocycles. The molecule has 0 saturated carbocycles. The van der Waals surface area contributed by atoms with Gasteiger partial charge in [-0.15, -0.1) is 0 Å². The van der Waals surface area contributed by atoms with E-state index in [0.29, 0.717) is 12.1 Å². The molecule has 0 bridgehead atoms. The molecule has 0 aliphatic rings. The minimum absolute atomic E-state index is 0.0599. The summed E-state index contributed by atoms with van der Waals surface area (Å²) < 4.78 is 10.3. The molecule has 0 fully saturated rings. The number of ether oxygens (including phenoxy) is 2. The third-order valence-electron chi connectivity index (χ3n) is 3.50. The highest BCUT2D eigenvalue weighted by atomic mass is 16.6. The topological polar surface area (TPSA) is 103 Å². The highest BCUT2D eigenvalue weighted by Gasteiger charge is 2.15. The fourth-order valence-corrected chi connectivity index (χ4v) is 2.20. The van der Waals surface area contributed by atoms with Crippen molar-refractivity contribution in [1.29, 1.82) is 0 Å².